The minimum Gasteiger partial charge on any atom is -0.372 e. The molecule has 0 heterocycles. The second-order valence-electron chi connectivity index (χ2n) is 7.27. The lowest BCUT2D eigenvalue weighted by Crippen LogP contribution is -2.38. The smallest absolute Gasteiger partial charge is 0.227 e. The van der Waals surface area contributed by atoms with Gasteiger partial charge in [-0.2, -0.15) is 0 Å². The Balaban J connectivity index is 1.86. The van der Waals surface area contributed by atoms with Gasteiger partial charge in [-0.3, -0.25) is 9.59 Å². The molecule has 1 N–H and O–H groups in total. The predicted molar refractivity (Wildman–Crippen MR) is 112 cm³/mol. The van der Waals surface area contributed by atoms with Crippen LogP contribution in [0.3, 0.4) is 0 Å². The summed E-state index contributed by atoms with van der Waals surface area (Å²) in [4.78, 5) is 29.3. The number of amides is 2. The second-order valence-corrected chi connectivity index (χ2v) is 7.27. The van der Waals surface area contributed by atoms with Gasteiger partial charge in [0.25, 0.3) is 0 Å². The first-order chi connectivity index (χ1) is 13.0. The molecule has 1 aliphatic rings. The fraction of sp³-hybridized carbons (Fsp3) is 0.636. The molecular formula is C22H35N3O2. The largest absolute Gasteiger partial charge is 0.372 e. The fourth-order valence-corrected chi connectivity index (χ4v) is 3.98. The molecular weight excluding hydrogens is 338 g/mol. The minimum atomic E-state index is 0.00760. The third kappa shape index (κ3) is 5.47. The van der Waals surface area contributed by atoms with Gasteiger partial charge in [0, 0.05) is 49.4 Å². The van der Waals surface area contributed by atoms with Crippen LogP contribution in [0.15, 0.2) is 24.3 Å². The first-order valence-electron chi connectivity index (χ1n) is 10.5. The summed E-state index contributed by atoms with van der Waals surface area (Å²) in [5.74, 6) is 0.431. The number of hydrogen-bond acceptors (Lipinski definition) is 3. The van der Waals surface area contributed by atoms with Gasteiger partial charge in [0.15, 0.2) is 0 Å². The Kier molecular flexibility index (Phi) is 8.14. The Labute approximate surface area is 164 Å². The summed E-state index contributed by atoms with van der Waals surface area (Å²) in [6, 6.07) is 8.06. The van der Waals surface area contributed by atoms with Gasteiger partial charge < -0.3 is 15.1 Å². The summed E-state index contributed by atoms with van der Waals surface area (Å²) in [6.45, 7) is 11.8. The van der Waals surface area contributed by atoms with Gasteiger partial charge in [0.2, 0.25) is 11.8 Å². The topological polar surface area (TPSA) is 52.7 Å². The maximum Gasteiger partial charge on any atom is 0.227 e. The first-order valence-corrected chi connectivity index (χ1v) is 10.5. The van der Waals surface area contributed by atoms with Crippen LogP contribution < -0.4 is 10.2 Å². The fourth-order valence-electron chi connectivity index (χ4n) is 3.98. The van der Waals surface area contributed by atoms with E-state index in [1.807, 2.05) is 30.9 Å². The van der Waals surface area contributed by atoms with E-state index in [0.717, 1.165) is 57.5 Å². The van der Waals surface area contributed by atoms with Crippen LogP contribution in [0.1, 0.15) is 53.4 Å². The number of nitrogens with one attached hydrogen (secondary N) is 1. The van der Waals surface area contributed by atoms with E-state index in [1.165, 1.54) is 5.69 Å². The molecule has 150 valence electrons. The highest BCUT2D eigenvalue weighted by atomic mass is 16.2. The zero-order valence-corrected chi connectivity index (χ0v) is 17.3. The van der Waals surface area contributed by atoms with Crippen molar-refractivity contribution in [3.63, 3.8) is 0 Å². The van der Waals surface area contributed by atoms with Crippen molar-refractivity contribution in [2.75, 3.05) is 36.4 Å². The minimum absolute atomic E-state index is 0.00760. The van der Waals surface area contributed by atoms with Crippen LogP contribution in [0.5, 0.6) is 0 Å². The molecule has 0 radical (unpaired) electrons. The quantitative estimate of drug-likeness (QED) is 0.745. The molecule has 0 spiro atoms. The molecule has 1 fully saturated rings. The van der Waals surface area contributed by atoms with Crippen LogP contribution in [0.25, 0.3) is 0 Å². The molecule has 5 nitrogen and oxygen atoms in total. The van der Waals surface area contributed by atoms with Gasteiger partial charge in [-0.25, -0.2) is 0 Å². The molecule has 5 heteroatoms. The zero-order valence-electron chi connectivity index (χ0n) is 17.3. The Bertz CT molecular complexity index is 598. The van der Waals surface area contributed by atoms with E-state index < -0.39 is 0 Å². The molecule has 0 saturated heterocycles. The highest BCUT2D eigenvalue weighted by Crippen LogP contribution is 2.31. The van der Waals surface area contributed by atoms with Gasteiger partial charge in [-0.1, -0.05) is 0 Å². The number of nitrogens with zero attached hydrogens (tertiary/aromatic N) is 2. The standard InChI is InChI=1S/C22H35N3O2/c1-5-24(6-2)20-15-13-19(14-16-20)23-21(26)17-9-11-18(12-10-17)22(27)25(7-3)8-4/h13-18H,5-12H2,1-4H3,(H,23,26). The number of anilines is 2. The van der Waals surface area contributed by atoms with E-state index in [9.17, 15) is 9.59 Å². The number of carbonyl (C=O) groups is 2. The van der Waals surface area contributed by atoms with Crippen molar-refractivity contribution >= 4 is 23.2 Å². The molecule has 0 unspecified atom stereocenters. The molecule has 27 heavy (non-hydrogen) atoms. The van der Waals surface area contributed by atoms with E-state index in [4.69, 9.17) is 0 Å². The lowest BCUT2D eigenvalue weighted by Gasteiger charge is -2.30. The third-order valence-electron chi connectivity index (χ3n) is 5.79. The van der Waals surface area contributed by atoms with E-state index in [0.29, 0.717) is 0 Å². The predicted octanol–water partition coefficient (Wildman–Crippen LogP) is 4.15. The summed E-state index contributed by atoms with van der Waals surface area (Å²) in [7, 11) is 0. The molecule has 0 atom stereocenters. The molecule has 1 saturated carbocycles. The molecule has 1 aromatic rings. The van der Waals surface area contributed by atoms with Crippen LogP contribution in [-0.2, 0) is 9.59 Å². The Morgan fingerprint density at radius 2 is 1.37 bits per heavy atom. The molecule has 1 aromatic carbocycles. The lowest BCUT2D eigenvalue weighted by atomic mass is 9.81. The van der Waals surface area contributed by atoms with Crippen molar-refractivity contribution in [1.82, 2.24) is 4.90 Å². The first kappa shape index (κ1) is 21.3. The number of rotatable bonds is 8. The third-order valence-corrected chi connectivity index (χ3v) is 5.79. The monoisotopic (exact) mass is 373 g/mol. The van der Waals surface area contributed by atoms with E-state index in [1.54, 1.807) is 0 Å². The van der Waals surface area contributed by atoms with Gasteiger partial charge >= 0.3 is 0 Å². The van der Waals surface area contributed by atoms with E-state index in [-0.39, 0.29) is 23.7 Å². The van der Waals surface area contributed by atoms with Crippen molar-refractivity contribution in [3.8, 4) is 0 Å². The summed E-state index contributed by atoms with van der Waals surface area (Å²) in [6.07, 6.45) is 3.21. The summed E-state index contributed by atoms with van der Waals surface area (Å²) in [5.41, 5.74) is 2.02. The maximum atomic E-state index is 12.6. The summed E-state index contributed by atoms with van der Waals surface area (Å²) >= 11 is 0. The highest BCUT2D eigenvalue weighted by molar-refractivity contribution is 5.93. The number of benzene rings is 1. The molecule has 0 aliphatic heterocycles. The van der Waals surface area contributed by atoms with Crippen molar-refractivity contribution in [2.24, 2.45) is 11.8 Å². The lowest BCUT2D eigenvalue weighted by molar-refractivity contribution is -0.137. The summed E-state index contributed by atoms with van der Waals surface area (Å²) in [5, 5.41) is 3.05. The average Bonchev–Trinajstić information content (AvgIpc) is 2.71. The van der Waals surface area contributed by atoms with Crippen molar-refractivity contribution < 1.29 is 9.59 Å². The summed E-state index contributed by atoms with van der Waals surface area (Å²) < 4.78 is 0. The van der Waals surface area contributed by atoms with Gasteiger partial charge in [0.1, 0.15) is 0 Å². The SMILES string of the molecule is CCN(CC)C(=O)C1CCC(C(=O)Nc2ccc(N(CC)CC)cc2)CC1. The van der Waals surface area contributed by atoms with Crippen LogP contribution in [-0.4, -0.2) is 42.9 Å². The molecule has 0 bridgehead atoms. The van der Waals surface area contributed by atoms with E-state index >= 15 is 0 Å². The Hall–Kier alpha value is -2.04. The van der Waals surface area contributed by atoms with Gasteiger partial charge in [-0.15, -0.1) is 0 Å². The van der Waals surface area contributed by atoms with Gasteiger partial charge in [0.05, 0.1) is 0 Å². The normalized spacial score (nSPS) is 19.4. The van der Waals surface area contributed by atoms with Crippen LogP contribution in [0, 0.1) is 11.8 Å². The number of carbonyl (C=O) groups excluding carboxylic acids is 2. The molecule has 2 amide bonds. The van der Waals surface area contributed by atoms with E-state index in [2.05, 4.69) is 36.2 Å². The van der Waals surface area contributed by atoms with Crippen LogP contribution in [0.4, 0.5) is 11.4 Å². The van der Waals surface area contributed by atoms with Crippen LogP contribution >= 0.6 is 0 Å². The van der Waals surface area contributed by atoms with Crippen molar-refractivity contribution in [3.05, 3.63) is 24.3 Å². The Morgan fingerprint density at radius 3 is 1.85 bits per heavy atom. The zero-order chi connectivity index (χ0) is 19.8. The average molecular weight is 374 g/mol. The second kappa shape index (κ2) is 10.3. The van der Waals surface area contributed by atoms with Crippen molar-refractivity contribution in [1.29, 1.82) is 0 Å². The van der Waals surface area contributed by atoms with Crippen molar-refractivity contribution in [2.45, 2.75) is 53.4 Å². The molecule has 0 aromatic heterocycles. The molecule has 2 rings (SSSR count). The Morgan fingerprint density at radius 1 is 0.852 bits per heavy atom. The van der Waals surface area contributed by atoms with Gasteiger partial charge in [-0.05, 0) is 77.6 Å². The maximum absolute atomic E-state index is 12.6. The highest BCUT2D eigenvalue weighted by Gasteiger charge is 2.31. The van der Waals surface area contributed by atoms with Crippen LogP contribution in [0.2, 0.25) is 0 Å². The number of hydrogen-bond donors (Lipinski definition) is 1. The molecule has 1 aliphatic carbocycles.